The fraction of sp³-hybridized carbons (Fsp3) is 0.724. The number of hydrogen-bond acceptors (Lipinski definition) is 5. The lowest BCUT2D eigenvalue weighted by molar-refractivity contribution is -0.124. The standard InChI is InChI=1S/C29H42N4O3S/c1-19-4-6-21(7-5-19)27(34)33(23-10-8-22(9-11-23)32-18-30-17-31-32)24-16-25(37-26(24)28(35)36)20-12-14-29(2,3)15-13-20/h16-23H,4-15H2,1-3H3,(H,35,36)/t19-,21-,22-,23-. The van der Waals surface area contributed by atoms with Crippen molar-refractivity contribution in [3.63, 3.8) is 0 Å². The number of rotatable bonds is 6. The molecule has 2 aromatic heterocycles. The van der Waals surface area contributed by atoms with Gasteiger partial charge in [0.15, 0.2) is 0 Å². The first kappa shape index (κ1) is 26.4. The van der Waals surface area contributed by atoms with Gasteiger partial charge in [-0.25, -0.2) is 14.5 Å². The number of carbonyl (C=O) groups is 2. The Balaban J connectivity index is 1.44. The second kappa shape index (κ2) is 10.9. The Morgan fingerprint density at radius 2 is 1.70 bits per heavy atom. The van der Waals surface area contributed by atoms with Crippen molar-refractivity contribution in [2.45, 2.75) is 116 Å². The third-order valence-electron chi connectivity index (χ3n) is 9.37. The summed E-state index contributed by atoms with van der Waals surface area (Å²) in [6, 6.07) is 2.40. The number of nitrogens with zero attached hydrogens (tertiary/aromatic N) is 4. The van der Waals surface area contributed by atoms with Crippen LogP contribution in [0.2, 0.25) is 0 Å². The second-order valence-electron chi connectivity index (χ2n) is 12.6. The van der Waals surface area contributed by atoms with Crippen LogP contribution < -0.4 is 4.90 Å². The topological polar surface area (TPSA) is 88.3 Å². The Morgan fingerprint density at radius 1 is 1.03 bits per heavy atom. The number of hydrogen-bond donors (Lipinski definition) is 1. The molecule has 1 N–H and O–H groups in total. The fourth-order valence-corrected chi connectivity index (χ4v) is 7.96. The summed E-state index contributed by atoms with van der Waals surface area (Å²) >= 11 is 1.41. The van der Waals surface area contributed by atoms with Crippen LogP contribution in [0, 0.1) is 17.3 Å². The van der Waals surface area contributed by atoms with Crippen LogP contribution in [-0.4, -0.2) is 37.8 Å². The van der Waals surface area contributed by atoms with E-state index in [0.29, 0.717) is 27.8 Å². The zero-order chi connectivity index (χ0) is 26.2. The quantitative estimate of drug-likeness (QED) is 0.435. The molecule has 2 heterocycles. The predicted octanol–water partition coefficient (Wildman–Crippen LogP) is 7.06. The first-order chi connectivity index (χ1) is 17.7. The van der Waals surface area contributed by atoms with Crippen molar-refractivity contribution < 1.29 is 14.7 Å². The van der Waals surface area contributed by atoms with Crippen LogP contribution in [0.5, 0.6) is 0 Å². The highest BCUT2D eigenvalue weighted by Crippen LogP contribution is 2.47. The molecule has 5 rings (SSSR count). The molecule has 7 nitrogen and oxygen atoms in total. The van der Waals surface area contributed by atoms with Gasteiger partial charge in [0.2, 0.25) is 5.91 Å². The van der Waals surface area contributed by atoms with Crippen molar-refractivity contribution in [1.29, 1.82) is 0 Å². The number of carboxylic acid groups (broad SMARTS) is 1. The number of carboxylic acids is 1. The molecule has 37 heavy (non-hydrogen) atoms. The summed E-state index contributed by atoms with van der Waals surface area (Å²) in [5, 5.41) is 14.6. The summed E-state index contributed by atoms with van der Waals surface area (Å²) < 4.78 is 1.93. The highest BCUT2D eigenvalue weighted by atomic mass is 32.1. The van der Waals surface area contributed by atoms with Crippen LogP contribution in [0.3, 0.4) is 0 Å². The van der Waals surface area contributed by atoms with E-state index in [2.05, 4.69) is 36.9 Å². The Morgan fingerprint density at radius 3 is 2.30 bits per heavy atom. The van der Waals surface area contributed by atoms with Gasteiger partial charge in [-0.3, -0.25) is 4.79 Å². The average molecular weight is 527 g/mol. The molecule has 0 radical (unpaired) electrons. The second-order valence-corrected chi connectivity index (χ2v) is 13.7. The minimum atomic E-state index is -0.909. The fourth-order valence-electron chi connectivity index (χ4n) is 6.80. The number of thiophene rings is 1. The van der Waals surface area contributed by atoms with E-state index < -0.39 is 5.97 Å². The van der Waals surface area contributed by atoms with Gasteiger partial charge in [-0.2, -0.15) is 5.10 Å². The van der Waals surface area contributed by atoms with Crippen molar-refractivity contribution in [3.05, 3.63) is 28.5 Å². The molecule has 0 bridgehead atoms. The molecule has 202 valence electrons. The molecule has 3 fully saturated rings. The average Bonchev–Trinajstić information content (AvgIpc) is 3.56. The Kier molecular flexibility index (Phi) is 7.75. The lowest BCUT2D eigenvalue weighted by atomic mass is 9.73. The maximum atomic E-state index is 14.2. The molecule has 0 unspecified atom stereocenters. The van der Waals surface area contributed by atoms with E-state index in [-0.39, 0.29) is 23.9 Å². The molecule has 3 aliphatic carbocycles. The van der Waals surface area contributed by atoms with E-state index in [4.69, 9.17) is 0 Å². The van der Waals surface area contributed by atoms with Gasteiger partial charge in [0.05, 0.1) is 11.7 Å². The molecule has 2 aromatic rings. The minimum absolute atomic E-state index is 0.00952. The van der Waals surface area contributed by atoms with Gasteiger partial charge in [-0.05, 0) is 100 Å². The largest absolute Gasteiger partial charge is 0.477 e. The first-order valence-corrected chi connectivity index (χ1v) is 15.1. The minimum Gasteiger partial charge on any atom is -0.477 e. The number of carbonyl (C=O) groups excluding carboxylic acids is 1. The van der Waals surface area contributed by atoms with Crippen molar-refractivity contribution in [2.75, 3.05) is 4.90 Å². The summed E-state index contributed by atoms with van der Waals surface area (Å²) in [5.74, 6) is 0.278. The van der Waals surface area contributed by atoms with Crippen molar-refractivity contribution >= 4 is 28.9 Å². The molecule has 3 saturated carbocycles. The molecule has 0 saturated heterocycles. The molecule has 3 aliphatic rings. The van der Waals surface area contributed by atoms with E-state index in [1.54, 1.807) is 12.7 Å². The zero-order valence-corrected chi connectivity index (χ0v) is 23.4. The normalized spacial score (nSPS) is 28.6. The van der Waals surface area contributed by atoms with Crippen LogP contribution in [0.4, 0.5) is 5.69 Å². The van der Waals surface area contributed by atoms with Gasteiger partial charge < -0.3 is 10.0 Å². The first-order valence-electron chi connectivity index (χ1n) is 14.3. The summed E-state index contributed by atoms with van der Waals surface area (Å²) in [6.07, 6.45) is 15.3. The molecule has 8 heteroatoms. The Labute approximate surface area is 224 Å². The zero-order valence-electron chi connectivity index (χ0n) is 22.6. The van der Waals surface area contributed by atoms with Crippen LogP contribution in [0.25, 0.3) is 0 Å². The van der Waals surface area contributed by atoms with E-state index in [0.717, 1.165) is 81.9 Å². The molecule has 0 aliphatic heterocycles. The lowest BCUT2D eigenvalue weighted by Crippen LogP contribution is -2.46. The van der Waals surface area contributed by atoms with Gasteiger partial charge in [-0.15, -0.1) is 11.3 Å². The monoisotopic (exact) mass is 526 g/mol. The summed E-state index contributed by atoms with van der Waals surface area (Å²) in [5.41, 5.74) is 1.01. The summed E-state index contributed by atoms with van der Waals surface area (Å²) in [7, 11) is 0. The number of anilines is 1. The maximum absolute atomic E-state index is 14.2. The SMILES string of the molecule is CC1(C)CCC(c2cc(N(C(=O)[C@H]3CC[C@H](C)CC3)[C@H]3CC[C@H](n4cncn4)CC3)c(C(=O)O)s2)CC1. The van der Waals surface area contributed by atoms with Crippen LogP contribution in [0.15, 0.2) is 18.7 Å². The third-order valence-corrected chi connectivity index (χ3v) is 10.6. The number of aromatic carboxylic acids is 1. The van der Waals surface area contributed by atoms with Gasteiger partial charge >= 0.3 is 5.97 Å². The smallest absolute Gasteiger partial charge is 0.348 e. The summed E-state index contributed by atoms with van der Waals surface area (Å²) in [6.45, 7) is 6.92. The van der Waals surface area contributed by atoms with Crippen molar-refractivity contribution in [1.82, 2.24) is 14.8 Å². The highest BCUT2D eigenvalue weighted by molar-refractivity contribution is 7.14. The maximum Gasteiger partial charge on any atom is 0.348 e. The van der Waals surface area contributed by atoms with Crippen molar-refractivity contribution in [3.8, 4) is 0 Å². The van der Waals surface area contributed by atoms with Gasteiger partial charge in [0.1, 0.15) is 17.5 Å². The number of amides is 1. The van der Waals surface area contributed by atoms with E-state index in [9.17, 15) is 14.7 Å². The van der Waals surface area contributed by atoms with E-state index in [1.165, 1.54) is 11.3 Å². The van der Waals surface area contributed by atoms with Crippen molar-refractivity contribution in [2.24, 2.45) is 17.3 Å². The van der Waals surface area contributed by atoms with Crippen LogP contribution >= 0.6 is 11.3 Å². The third kappa shape index (κ3) is 5.79. The molecule has 0 spiro atoms. The molecule has 1 amide bonds. The molecule has 0 aromatic carbocycles. The summed E-state index contributed by atoms with van der Waals surface area (Å²) in [4.78, 5) is 34.2. The molecule has 0 atom stereocenters. The highest BCUT2D eigenvalue weighted by Gasteiger charge is 2.39. The predicted molar refractivity (Wildman–Crippen MR) is 146 cm³/mol. The Bertz CT molecular complexity index is 1070. The van der Waals surface area contributed by atoms with E-state index in [1.807, 2.05) is 9.58 Å². The van der Waals surface area contributed by atoms with Gasteiger partial charge in [0.25, 0.3) is 0 Å². The van der Waals surface area contributed by atoms with E-state index >= 15 is 0 Å². The molecular weight excluding hydrogens is 484 g/mol. The Hall–Kier alpha value is -2.22. The van der Waals surface area contributed by atoms with Gasteiger partial charge in [-0.1, -0.05) is 20.8 Å². The lowest BCUT2D eigenvalue weighted by Gasteiger charge is -2.39. The molecular formula is C29H42N4O3S. The van der Waals surface area contributed by atoms with Crippen LogP contribution in [-0.2, 0) is 4.79 Å². The number of aromatic nitrogens is 3. The van der Waals surface area contributed by atoms with Crippen LogP contribution in [0.1, 0.15) is 124 Å². The van der Waals surface area contributed by atoms with Gasteiger partial charge in [0, 0.05) is 16.8 Å².